The lowest BCUT2D eigenvalue weighted by molar-refractivity contribution is -0.158. The summed E-state index contributed by atoms with van der Waals surface area (Å²) >= 11 is 1.40. The third-order valence-corrected chi connectivity index (χ3v) is 3.55. The Morgan fingerprint density at radius 1 is 1.33 bits per heavy atom. The van der Waals surface area contributed by atoms with Gasteiger partial charge >= 0.3 is 0 Å². The highest BCUT2D eigenvalue weighted by Crippen LogP contribution is 2.13. The van der Waals surface area contributed by atoms with Gasteiger partial charge in [-0.1, -0.05) is 6.07 Å². The van der Waals surface area contributed by atoms with Gasteiger partial charge in [-0.25, -0.2) is 0 Å². The minimum Gasteiger partial charge on any atom is -0.362 e. The van der Waals surface area contributed by atoms with Crippen molar-refractivity contribution in [2.75, 3.05) is 19.8 Å². The van der Waals surface area contributed by atoms with Crippen LogP contribution in [0, 0.1) is 0 Å². The molecule has 96 valence electrons. The van der Waals surface area contributed by atoms with Gasteiger partial charge < -0.3 is 4.74 Å². The Morgan fingerprint density at radius 2 is 2.06 bits per heavy atom. The van der Waals surface area contributed by atoms with E-state index in [1.54, 1.807) is 6.07 Å². The summed E-state index contributed by atoms with van der Waals surface area (Å²) in [6, 6.07) is 3.60. The Kier molecular flexibility index (Phi) is 4.22. The van der Waals surface area contributed by atoms with Crippen molar-refractivity contribution in [2.24, 2.45) is 0 Å². The number of carbonyl (C=O) groups is 3. The molecule has 0 aliphatic carbocycles. The Morgan fingerprint density at radius 3 is 2.67 bits per heavy atom. The molecule has 0 bridgehead atoms. The Bertz CT molecular complexity index is 439. The van der Waals surface area contributed by atoms with Gasteiger partial charge in [-0.15, -0.1) is 11.3 Å². The number of imide groups is 1. The van der Waals surface area contributed by atoms with Crippen LogP contribution in [0.4, 0.5) is 0 Å². The third-order valence-electron chi connectivity index (χ3n) is 2.63. The fraction of sp³-hybridized carbons (Fsp3) is 0.417. The van der Waals surface area contributed by atoms with E-state index in [1.807, 2.05) is 11.4 Å². The summed E-state index contributed by atoms with van der Waals surface area (Å²) in [5, 5.41) is 1.85. The van der Waals surface area contributed by atoms with E-state index in [0.717, 1.165) is 4.88 Å². The van der Waals surface area contributed by atoms with E-state index in [-0.39, 0.29) is 37.4 Å². The number of ketones is 1. The van der Waals surface area contributed by atoms with Gasteiger partial charge in [0, 0.05) is 13.0 Å². The van der Waals surface area contributed by atoms with Gasteiger partial charge in [0.2, 0.25) is 0 Å². The maximum absolute atomic E-state index is 11.7. The van der Waals surface area contributed by atoms with Crippen molar-refractivity contribution in [1.29, 1.82) is 0 Å². The second-order valence-electron chi connectivity index (χ2n) is 3.94. The molecule has 2 heterocycles. The molecule has 1 aliphatic heterocycles. The molecule has 0 N–H and O–H groups in total. The van der Waals surface area contributed by atoms with Crippen molar-refractivity contribution in [1.82, 2.24) is 4.90 Å². The van der Waals surface area contributed by atoms with Gasteiger partial charge in [0.25, 0.3) is 11.8 Å². The number of nitrogens with zero attached hydrogens (tertiary/aromatic N) is 1. The largest absolute Gasteiger partial charge is 0.362 e. The van der Waals surface area contributed by atoms with E-state index >= 15 is 0 Å². The number of hydrogen-bond donors (Lipinski definition) is 0. The lowest BCUT2D eigenvalue weighted by Crippen LogP contribution is -2.46. The lowest BCUT2D eigenvalue weighted by atomic mass is 10.2. The van der Waals surface area contributed by atoms with Crippen LogP contribution < -0.4 is 0 Å². The van der Waals surface area contributed by atoms with Gasteiger partial charge in [0.1, 0.15) is 13.2 Å². The summed E-state index contributed by atoms with van der Waals surface area (Å²) in [6.45, 7) is 0.188. The molecule has 1 aromatic rings. The Balaban J connectivity index is 1.79. The maximum Gasteiger partial charge on any atom is 0.255 e. The molecule has 0 atom stereocenters. The molecule has 6 heteroatoms. The fourth-order valence-electron chi connectivity index (χ4n) is 1.73. The molecule has 0 saturated carbocycles. The topological polar surface area (TPSA) is 63.7 Å². The number of hydrogen-bond acceptors (Lipinski definition) is 5. The zero-order valence-electron chi connectivity index (χ0n) is 9.76. The molecular formula is C12H13NO4S. The van der Waals surface area contributed by atoms with Crippen molar-refractivity contribution >= 4 is 28.9 Å². The second kappa shape index (κ2) is 5.88. The SMILES string of the molecule is O=C(CCCN1C(=O)COCC1=O)c1cccs1. The summed E-state index contributed by atoms with van der Waals surface area (Å²) in [6.07, 6.45) is 0.840. The fourth-order valence-corrected chi connectivity index (χ4v) is 2.42. The van der Waals surface area contributed by atoms with Gasteiger partial charge in [-0.3, -0.25) is 19.3 Å². The predicted molar refractivity (Wildman–Crippen MR) is 65.4 cm³/mol. The summed E-state index contributed by atoms with van der Waals surface area (Å²) in [4.78, 5) is 36.4. The molecule has 18 heavy (non-hydrogen) atoms. The highest BCUT2D eigenvalue weighted by atomic mass is 32.1. The van der Waals surface area contributed by atoms with Crippen LogP contribution in [0.3, 0.4) is 0 Å². The number of amides is 2. The minimum atomic E-state index is -0.324. The molecule has 0 unspecified atom stereocenters. The zero-order valence-corrected chi connectivity index (χ0v) is 10.6. The second-order valence-corrected chi connectivity index (χ2v) is 4.88. The number of Topliss-reactive ketones (excluding diaryl/α,β-unsaturated/α-hetero) is 1. The molecule has 5 nitrogen and oxygen atoms in total. The van der Waals surface area contributed by atoms with Crippen LogP contribution in [-0.4, -0.2) is 42.3 Å². The van der Waals surface area contributed by atoms with Crippen molar-refractivity contribution in [3.05, 3.63) is 22.4 Å². The highest BCUT2D eigenvalue weighted by Gasteiger charge is 2.26. The predicted octanol–water partition coefficient (Wildman–Crippen LogP) is 1.10. The molecule has 0 aromatic carbocycles. The molecule has 1 fully saturated rings. The number of rotatable bonds is 5. The highest BCUT2D eigenvalue weighted by molar-refractivity contribution is 7.12. The molecular weight excluding hydrogens is 254 g/mol. The molecule has 1 aromatic heterocycles. The molecule has 1 saturated heterocycles. The first kappa shape index (κ1) is 12.9. The van der Waals surface area contributed by atoms with Gasteiger partial charge in [-0.2, -0.15) is 0 Å². The van der Waals surface area contributed by atoms with Gasteiger partial charge in [0.05, 0.1) is 4.88 Å². The average molecular weight is 267 g/mol. The van der Waals surface area contributed by atoms with Crippen molar-refractivity contribution in [3.63, 3.8) is 0 Å². The van der Waals surface area contributed by atoms with Crippen molar-refractivity contribution in [2.45, 2.75) is 12.8 Å². The number of ether oxygens (including phenoxy) is 1. The van der Waals surface area contributed by atoms with E-state index in [9.17, 15) is 14.4 Å². The van der Waals surface area contributed by atoms with Gasteiger partial charge in [0.15, 0.2) is 5.78 Å². The summed E-state index contributed by atoms with van der Waals surface area (Å²) < 4.78 is 4.80. The first-order chi connectivity index (χ1) is 8.68. The van der Waals surface area contributed by atoms with E-state index < -0.39 is 0 Å². The zero-order chi connectivity index (χ0) is 13.0. The van der Waals surface area contributed by atoms with Crippen molar-refractivity contribution < 1.29 is 19.1 Å². The smallest absolute Gasteiger partial charge is 0.255 e. The van der Waals surface area contributed by atoms with Crippen LogP contribution in [0.25, 0.3) is 0 Å². The minimum absolute atomic E-state index is 0.0510. The summed E-state index contributed by atoms with van der Waals surface area (Å²) in [7, 11) is 0. The third kappa shape index (κ3) is 3.02. The molecule has 2 rings (SSSR count). The van der Waals surface area contributed by atoms with Crippen LogP contribution in [0.15, 0.2) is 17.5 Å². The average Bonchev–Trinajstić information content (AvgIpc) is 2.86. The number of carbonyl (C=O) groups excluding carboxylic acids is 3. The van der Waals surface area contributed by atoms with Crippen LogP contribution in [0.1, 0.15) is 22.5 Å². The number of morpholine rings is 1. The Labute approximate surface area is 108 Å². The summed E-state index contributed by atoms with van der Waals surface area (Å²) in [5.74, 6) is -0.595. The molecule has 2 amide bonds. The van der Waals surface area contributed by atoms with Crippen LogP contribution in [-0.2, 0) is 14.3 Å². The van der Waals surface area contributed by atoms with E-state index in [1.165, 1.54) is 16.2 Å². The van der Waals surface area contributed by atoms with E-state index in [0.29, 0.717) is 12.8 Å². The number of thiophene rings is 1. The summed E-state index contributed by atoms with van der Waals surface area (Å²) in [5.41, 5.74) is 0. The van der Waals surface area contributed by atoms with E-state index in [2.05, 4.69) is 0 Å². The van der Waals surface area contributed by atoms with E-state index in [4.69, 9.17) is 4.74 Å². The quantitative estimate of drug-likeness (QED) is 0.592. The molecule has 0 spiro atoms. The Hall–Kier alpha value is -1.53. The molecule has 1 aliphatic rings. The first-order valence-electron chi connectivity index (χ1n) is 5.66. The van der Waals surface area contributed by atoms with Crippen LogP contribution in [0.5, 0.6) is 0 Å². The normalized spacial score (nSPS) is 16.1. The van der Waals surface area contributed by atoms with Gasteiger partial charge in [-0.05, 0) is 17.9 Å². The van der Waals surface area contributed by atoms with Crippen molar-refractivity contribution in [3.8, 4) is 0 Å². The molecule has 0 radical (unpaired) electrons. The van der Waals surface area contributed by atoms with Crippen LogP contribution in [0.2, 0.25) is 0 Å². The first-order valence-corrected chi connectivity index (χ1v) is 6.54. The monoisotopic (exact) mass is 267 g/mol. The lowest BCUT2D eigenvalue weighted by Gasteiger charge is -2.24. The standard InChI is InChI=1S/C12H13NO4S/c14-9(10-4-2-6-18-10)3-1-5-13-11(15)7-17-8-12(13)16/h2,4,6H,1,3,5,7-8H2. The van der Waals surface area contributed by atoms with Crippen LogP contribution >= 0.6 is 11.3 Å². The maximum atomic E-state index is 11.7.